The van der Waals surface area contributed by atoms with E-state index in [0.29, 0.717) is 5.69 Å². The quantitative estimate of drug-likeness (QED) is 0.672. The number of nitriles is 2. The van der Waals surface area contributed by atoms with Crippen LogP contribution in [0.4, 0.5) is 18.9 Å². The third-order valence-electron chi connectivity index (χ3n) is 1.71. The molecule has 0 amide bonds. The number of hydrogen-bond donors (Lipinski definition) is 1. The van der Waals surface area contributed by atoms with Crippen molar-refractivity contribution in [1.29, 1.82) is 10.5 Å². The van der Waals surface area contributed by atoms with Crippen molar-refractivity contribution in [3.63, 3.8) is 0 Å². The second-order valence-corrected chi connectivity index (χ2v) is 4.14. The average molecular weight is 269 g/mol. The molecule has 0 spiro atoms. The van der Waals surface area contributed by atoms with Gasteiger partial charge in [0.05, 0.1) is 0 Å². The first-order chi connectivity index (χ1) is 8.44. The van der Waals surface area contributed by atoms with Gasteiger partial charge >= 0.3 is 5.51 Å². The highest BCUT2D eigenvalue weighted by Gasteiger charge is 2.28. The largest absolute Gasteiger partial charge is 0.446 e. The minimum absolute atomic E-state index is 0.0674. The number of anilines is 1. The molecule has 1 N–H and O–H groups in total. The number of thioether (sulfide) groups is 1. The van der Waals surface area contributed by atoms with E-state index in [2.05, 4.69) is 5.32 Å². The van der Waals surface area contributed by atoms with Crippen molar-refractivity contribution in [3.05, 3.63) is 36.0 Å². The highest BCUT2D eigenvalue weighted by Crippen LogP contribution is 2.36. The lowest BCUT2D eigenvalue weighted by Gasteiger charge is -2.06. The van der Waals surface area contributed by atoms with Crippen LogP contribution < -0.4 is 5.32 Å². The Morgan fingerprint density at radius 2 is 1.72 bits per heavy atom. The number of allylic oxidation sites excluding steroid dienone is 1. The molecule has 0 aliphatic carbocycles. The zero-order chi connectivity index (χ0) is 13.6. The molecular formula is C11H6F3N3S. The van der Waals surface area contributed by atoms with Crippen LogP contribution in [0.1, 0.15) is 0 Å². The minimum Gasteiger partial charge on any atom is -0.360 e. The van der Waals surface area contributed by atoms with Gasteiger partial charge in [-0.15, -0.1) is 0 Å². The first-order valence-corrected chi connectivity index (χ1v) is 5.39. The summed E-state index contributed by atoms with van der Waals surface area (Å²) >= 11 is -0.205. The molecule has 0 fully saturated rings. The fraction of sp³-hybridized carbons (Fsp3) is 0.0909. The van der Waals surface area contributed by atoms with E-state index in [1.54, 1.807) is 12.1 Å². The standard InChI is InChI=1S/C11H6F3N3S/c12-11(13,14)18-10-3-1-9(2-4-10)17-7-8(5-15)6-16/h1-4,7,17H. The van der Waals surface area contributed by atoms with Gasteiger partial charge in [-0.1, -0.05) is 0 Å². The van der Waals surface area contributed by atoms with Crippen molar-refractivity contribution in [3.8, 4) is 12.1 Å². The molecule has 7 heteroatoms. The lowest BCUT2D eigenvalue weighted by atomic mass is 10.3. The van der Waals surface area contributed by atoms with Gasteiger partial charge in [-0.25, -0.2) is 0 Å². The Bertz CT molecular complexity index is 504. The summed E-state index contributed by atoms with van der Waals surface area (Å²) in [6, 6.07) is 8.75. The van der Waals surface area contributed by atoms with Crippen LogP contribution in [0.15, 0.2) is 40.9 Å². The normalized spacial score (nSPS) is 10.1. The third kappa shape index (κ3) is 4.81. The maximum absolute atomic E-state index is 12.1. The Labute approximate surface area is 106 Å². The van der Waals surface area contributed by atoms with Crippen LogP contribution in [-0.2, 0) is 0 Å². The summed E-state index contributed by atoms with van der Waals surface area (Å²) in [5.41, 5.74) is -3.95. The highest BCUT2D eigenvalue weighted by atomic mass is 32.2. The molecule has 18 heavy (non-hydrogen) atoms. The predicted octanol–water partition coefficient (Wildman–Crippen LogP) is 3.64. The third-order valence-corrected chi connectivity index (χ3v) is 2.45. The summed E-state index contributed by atoms with van der Waals surface area (Å²) in [5.74, 6) is 0. The lowest BCUT2D eigenvalue weighted by molar-refractivity contribution is -0.0328. The van der Waals surface area contributed by atoms with Crippen molar-refractivity contribution >= 4 is 17.4 Å². The fourth-order valence-corrected chi connectivity index (χ4v) is 1.54. The summed E-state index contributed by atoms with van der Waals surface area (Å²) in [5, 5.41) is 19.6. The van der Waals surface area contributed by atoms with Gasteiger partial charge in [0.2, 0.25) is 0 Å². The Morgan fingerprint density at radius 1 is 1.17 bits per heavy atom. The van der Waals surface area contributed by atoms with Crippen LogP contribution in [0.5, 0.6) is 0 Å². The zero-order valence-corrected chi connectivity index (χ0v) is 9.64. The smallest absolute Gasteiger partial charge is 0.360 e. The molecule has 0 radical (unpaired) electrons. The molecule has 1 aromatic rings. The molecular weight excluding hydrogens is 263 g/mol. The van der Waals surface area contributed by atoms with Crippen LogP contribution in [0, 0.1) is 22.7 Å². The molecule has 0 bridgehead atoms. The topological polar surface area (TPSA) is 59.6 Å². The first-order valence-electron chi connectivity index (χ1n) is 4.57. The first kappa shape index (κ1) is 13.9. The Morgan fingerprint density at radius 3 is 2.17 bits per heavy atom. The van der Waals surface area contributed by atoms with Crippen LogP contribution >= 0.6 is 11.8 Å². The molecule has 0 aromatic heterocycles. The Balaban J connectivity index is 2.71. The lowest BCUT2D eigenvalue weighted by Crippen LogP contribution is -1.98. The van der Waals surface area contributed by atoms with Crippen molar-refractivity contribution in [2.24, 2.45) is 0 Å². The van der Waals surface area contributed by atoms with Gasteiger partial charge in [-0.05, 0) is 36.0 Å². The fourth-order valence-electron chi connectivity index (χ4n) is 0.998. The average Bonchev–Trinajstić information content (AvgIpc) is 2.30. The van der Waals surface area contributed by atoms with Gasteiger partial charge in [0.1, 0.15) is 17.7 Å². The van der Waals surface area contributed by atoms with Crippen LogP contribution in [0.2, 0.25) is 0 Å². The molecule has 0 aliphatic rings. The van der Waals surface area contributed by atoms with E-state index in [1.807, 2.05) is 0 Å². The minimum atomic E-state index is -4.32. The van der Waals surface area contributed by atoms with Gasteiger partial charge in [0.25, 0.3) is 0 Å². The zero-order valence-electron chi connectivity index (χ0n) is 8.82. The van der Waals surface area contributed by atoms with E-state index in [4.69, 9.17) is 10.5 Å². The molecule has 3 nitrogen and oxygen atoms in total. The molecule has 0 unspecified atom stereocenters. The number of rotatable bonds is 3. The maximum Gasteiger partial charge on any atom is 0.446 e. The molecule has 1 rings (SSSR count). The van der Waals surface area contributed by atoms with Crippen molar-refractivity contribution < 1.29 is 13.2 Å². The van der Waals surface area contributed by atoms with E-state index >= 15 is 0 Å². The molecule has 0 saturated carbocycles. The van der Waals surface area contributed by atoms with Crippen LogP contribution in [0.3, 0.4) is 0 Å². The van der Waals surface area contributed by atoms with Gasteiger partial charge < -0.3 is 5.32 Å². The summed E-state index contributed by atoms with van der Waals surface area (Å²) < 4.78 is 36.2. The molecule has 1 aromatic carbocycles. The van der Waals surface area contributed by atoms with Gasteiger partial charge in [-0.2, -0.15) is 23.7 Å². The van der Waals surface area contributed by atoms with Gasteiger partial charge in [-0.3, -0.25) is 0 Å². The van der Waals surface area contributed by atoms with Gasteiger partial charge in [0, 0.05) is 16.8 Å². The molecule has 0 atom stereocenters. The van der Waals surface area contributed by atoms with E-state index in [9.17, 15) is 13.2 Å². The second kappa shape index (κ2) is 5.99. The van der Waals surface area contributed by atoms with Crippen LogP contribution in [0.25, 0.3) is 0 Å². The van der Waals surface area contributed by atoms with Crippen molar-refractivity contribution in [2.45, 2.75) is 10.4 Å². The SMILES string of the molecule is N#CC(C#N)=CNc1ccc(SC(F)(F)F)cc1. The van der Waals surface area contributed by atoms with Crippen molar-refractivity contribution in [1.82, 2.24) is 0 Å². The number of nitrogens with zero attached hydrogens (tertiary/aromatic N) is 2. The highest BCUT2D eigenvalue weighted by molar-refractivity contribution is 8.00. The predicted molar refractivity (Wildman–Crippen MR) is 61.3 cm³/mol. The number of alkyl halides is 3. The summed E-state index contributed by atoms with van der Waals surface area (Å²) in [7, 11) is 0. The Kier molecular flexibility index (Phi) is 4.64. The Hall–Kier alpha value is -2.12. The van der Waals surface area contributed by atoms with E-state index < -0.39 is 5.51 Å². The van der Waals surface area contributed by atoms with Crippen molar-refractivity contribution in [2.75, 3.05) is 5.32 Å². The monoisotopic (exact) mass is 269 g/mol. The molecule has 0 heterocycles. The second-order valence-electron chi connectivity index (χ2n) is 3.00. The molecule has 0 aliphatic heterocycles. The summed E-state index contributed by atoms with van der Waals surface area (Å²) in [4.78, 5) is 0.0674. The number of hydrogen-bond acceptors (Lipinski definition) is 4. The van der Waals surface area contributed by atoms with E-state index in [0.717, 1.165) is 0 Å². The number of halogens is 3. The molecule has 92 valence electrons. The summed E-state index contributed by atoms with van der Waals surface area (Å²) in [6.45, 7) is 0. The van der Waals surface area contributed by atoms with E-state index in [-0.39, 0.29) is 22.2 Å². The number of benzene rings is 1. The maximum atomic E-state index is 12.1. The molecule has 0 saturated heterocycles. The van der Waals surface area contributed by atoms with E-state index in [1.165, 1.54) is 30.5 Å². The number of nitrogens with one attached hydrogen (secondary N) is 1. The van der Waals surface area contributed by atoms with Crippen LogP contribution in [-0.4, -0.2) is 5.51 Å². The summed E-state index contributed by atoms with van der Waals surface area (Å²) in [6.07, 6.45) is 1.19. The van der Waals surface area contributed by atoms with Gasteiger partial charge in [0.15, 0.2) is 0 Å².